The Hall–Kier alpha value is -1.79. The molecule has 0 atom stereocenters. The van der Waals surface area contributed by atoms with Crippen molar-refractivity contribution in [3.8, 4) is 0 Å². The quantitative estimate of drug-likeness (QED) is 0.919. The molecule has 3 rings (SSSR count). The zero-order chi connectivity index (χ0) is 14.3. The zero-order valence-electron chi connectivity index (χ0n) is 10.3. The highest BCUT2D eigenvalue weighted by atomic mass is 35.5. The van der Waals surface area contributed by atoms with E-state index in [1.807, 2.05) is 12.1 Å². The zero-order valence-corrected chi connectivity index (χ0v) is 11.9. The number of sulfonamides is 1. The van der Waals surface area contributed by atoms with Crippen LogP contribution in [0.4, 0.5) is 5.69 Å². The summed E-state index contributed by atoms with van der Waals surface area (Å²) in [6.45, 7) is 0.387. The minimum Gasteiger partial charge on any atom is -0.326 e. The number of nitrogens with one attached hydrogen (secondary N) is 1. The van der Waals surface area contributed by atoms with Gasteiger partial charge in [-0.25, -0.2) is 8.42 Å². The van der Waals surface area contributed by atoms with E-state index in [2.05, 4.69) is 4.98 Å². The molecule has 0 radical (unpaired) electrons. The summed E-state index contributed by atoms with van der Waals surface area (Å²) in [4.78, 5) is 13.5. The number of para-hydroxylation sites is 1. The number of aromatic amines is 1. The fraction of sp³-hybridized carbons (Fsp3) is 0.154. The highest BCUT2D eigenvalue weighted by Crippen LogP contribution is 2.32. The van der Waals surface area contributed by atoms with Gasteiger partial charge in [-0.3, -0.25) is 9.10 Å². The molecule has 1 N–H and O–H groups in total. The van der Waals surface area contributed by atoms with E-state index in [4.69, 9.17) is 11.6 Å². The summed E-state index contributed by atoms with van der Waals surface area (Å²) < 4.78 is 26.6. The maximum absolute atomic E-state index is 12.6. The van der Waals surface area contributed by atoms with Crippen LogP contribution in [0.25, 0.3) is 0 Å². The minimum atomic E-state index is -3.71. The van der Waals surface area contributed by atoms with Gasteiger partial charge < -0.3 is 4.98 Å². The number of nitrogens with zero attached hydrogens (tertiary/aromatic N) is 1. The van der Waals surface area contributed by atoms with Gasteiger partial charge in [0.25, 0.3) is 15.6 Å². The van der Waals surface area contributed by atoms with Crippen molar-refractivity contribution in [3.05, 3.63) is 57.5 Å². The van der Waals surface area contributed by atoms with E-state index in [1.165, 1.54) is 16.6 Å². The average molecular weight is 311 g/mol. The number of rotatable bonds is 2. The summed E-state index contributed by atoms with van der Waals surface area (Å²) in [7, 11) is -3.71. The van der Waals surface area contributed by atoms with Gasteiger partial charge in [0.05, 0.1) is 5.69 Å². The Morgan fingerprint density at radius 2 is 2.00 bits per heavy atom. The second-order valence-electron chi connectivity index (χ2n) is 4.47. The first kappa shape index (κ1) is 13.2. The lowest BCUT2D eigenvalue weighted by Gasteiger charge is -2.19. The molecule has 0 aliphatic carbocycles. The monoisotopic (exact) mass is 310 g/mol. The number of hydrogen-bond acceptors (Lipinski definition) is 3. The third kappa shape index (κ3) is 2.01. The summed E-state index contributed by atoms with van der Waals surface area (Å²) in [5.74, 6) is 0. The largest absolute Gasteiger partial charge is 0.326 e. The van der Waals surface area contributed by atoms with Crippen LogP contribution in [0.5, 0.6) is 0 Å². The van der Waals surface area contributed by atoms with E-state index in [0.717, 1.165) is 5.56 Å². The molecule has 0 bridgehead atoms. The normalized spacial score (nSPS) is 14.3. The van der Waals surface area contributed by atoms with Gasteiger partial charge >= 0.3 is 0 Å². The van der Waals surface area contributed by atoms with E-state index in [9.17, 15) is 13.2 Å². The number of halogens is 1. The van der Waals surface area contributed by atoms with E-state index < -0.39 is 15.6 Å². The van der Waals surface area contributed by atoms with E-state index >= 15 is 0 Å². The molecule has 5 nitrogen and oxygen atoms in total. The number of aromatic nitrogens is 1. The predicted octanol–water partition coefficient (Wildman–Crippen LogP) is 1.78. The van der Waals surface area contributed by atoms with Crippen LogP contribution >= 0.6 is 11.6 Å². The highest BCUT2D eigenvalue weighted by molar-refractivity contribution is 7.92. The van der Waals surface area contributed by atoms with Gasteiger partial charge in [-0.2, -0.15) is 0 Å². The maximum atomic E-state index is 12.6. The second-order valence-corrected chi connectivity index (χ2v) is 6.74. The predicted molar refractivity (Wildman–Crippen MR) is 76.8 cm³/mol. The van der Waals surface area contributed by atoms with Crippen LogP contribution in [0, 0.1) is 0 Å². The Morgan fingerprint density at radius 1 is 1.25 bits per heavy atom. The number of hydrogen-bond donors (Lipinski definition) is 1. The van der Waals surface area contributed by atoms with Crippen LogP contribution in [-0.4, -0.2) is 19.9 Å². The van der Waals surface area contributed by atoms with Crippen LogP contribution < -0.4 is 9.86 Å². The number of fused-ring (bicyclic) bond motifs is 1. The number of benzene rings is 1. The van der Waals surface area contributed by atoms with Crippen LogP contribution in [-0.2, 0) is 16.4 Å². The molecule has 104 valence electrons. The van der Waals surface area contributed by atoms with Gasteiger partial charge in [0, 0.05) is 12.7 Å². The first-order valence-corrected chi connectivity index (χ1v) is 7.81. The summed E-state index contributed by atoms with van der Waals surface area (Å²) in [5, 5.41) is -0.140. The van der Waals surface area contributed by atoms with Crippen molar-refractivity contribution in [1.29, 1.82) is 0 Å². The summed E-state index contributed by atoms with van der Waals surface area (Å²) in [5.41, 5.74) is 1.16. The van der Waals surface area contributed by atoms with Crippen molar-refractivity contribution in [2.24, 2.45) is 0 Å². The number of pyridine rings is 1. The van der Waals surface area contributed by atoms with E-state index in [-0.39, 0.29) is 9.92 Å². The maximum Gasteiger partial charge on any atom is 0.266 e. The average Bonchev–Trinajstić information content (AvgIpc) is 2.86. The topological polar surface area (TPSA) is 70.2 Å². The first-order valence-electron chi connectivity index (χ1n) is 5.99. The van der Waals surface area contributed by atoms with E-state index in [0.29, 0.717) is 18.7 Å². The van der Waals surface area contributed by atoms with Crippen molar-refractivity contribution < 1.29 is 8.42 Å². The highest BCUT2D eigenvalue weighted by Gasteiger charge is 2.30. The van der Waals surface area contributed by atoms with Crippen molar-refractivity contribution in [3.63, 3.8) is 0 Å². The Labute approximate surface area is 120 Å². The van der Waals surface area contributed by atoms with Gasteiger partial charge in [-0.05, 0) is 24.1 Å². The van der Waals surface area contributed by atoms with Crippen molar-refractivity contribution in [2.45, 2.75) is 11.3 Å². The third-order valence-electron chi connectivity index (χ3n) is 3.26. The SMILES string of the molecule is O=c1[nH]cc(S(=O)(=O)N2CCc3ccccc32)cc1Cl. The van der Waals surface area contributed by atoms with Crippen molar-refractivity contribution in [1.82, 2.24) is 4.98 Å². The molecule has 0 unspecified atom stereocenters. The molecular weight excluding hydrogens is 300 g/mol. The molecule has 2 heterocycles. The molecule has 2 aromatic rings. The molecular formula is C13H11ClN2O3S. The molecule has 1 aromatic carbocycles. The van der Waals surface area contributed by atoms with Crippen LogP contribution in [0.3, 0.4) is 0 Å². The Balaban J connectivity index is 2.10. The molecule has 0 fully saturated rings. The smallest absolute Gasteiger partial charge is 0.266 e. The molecule has 0 amide bonds. The molecule has 0 saturated carbocycles. The van der Waals surface area contributed by atoms with Gasteiger partial charge in [0.2, 0.25) is 0 Å². The number of anilines is 1. The molecule has 20 heavy (non-hydrogen) atoms. The van der Waals surface area contributed by atoms with Gasteiger partial charge in [-0.15, -0.1) is 0 Å². The Kier molecular flexibility index (Phi) is 3.07. The summed E-state index contributed by atoms with van der Waals surface area (Å²) in [6, 6.07) is 8.53. The molecule has 1 aromatic heterocycles. The fourth-order valence-corrected chi connectivity index (χ4v) is 4.01. The first-order chi connectivity index (χ1) is 9.50. The standard InChI is InChI=1S/C13H11ClN2O3S/c14-11-7-10(8-15-13(11)17)20(18,19)16-6-5-9-3-1-2-4-12(9)16/h1-4,7-8H,5-6H2,(H,15,17). The minimum absolute atomic E-state index is 0.0150. The molecule has 7 heteroatoms. The van der Waals surface area contributed by atoms with Gasteiger partial charge in [0.15, 0.2) is 0 Å². The molecule has 0 spiro atoms. The van der Waals surface area contributed by atoms with Gasteiger partial charge in [-0.1, -0.05) is 29.8 Å². The molecule has 1 aliphatic rings. The number of H-pyrrole nitrogens is 1. The fourth-order valence-electron chi connectivity index (χ4n) is 2.27. The van der Waals surface area contributed by atoms with Crippen LogP contribution in [0.15, 0.2) is 46.2 Å². The second kappa shape index (κ2) is 4.64. The van der Waals surface area contributed by atoms with Crippen molar-refractivity contribution in [2.75, 3.05) is 10.8 Å². The molecule has 0 saturated heterocycles. The lowest BCUT2D eigenvalue weighted by atomic mass is 10.2. The van der Waals surface area contributed by atoms with Crippen LogP contribution in [0.2, 0.25) is 5.02 Å². The van der Waals surface area contributed by atoms with E-state index in [1.54, 1.807) is 12.1 Å². The van der Waals surface area contributed by atoms with Crippen molar-refractivity contribution >= 4 is 27.3 Å². The Morgan fingerprint density at radius 3 is 2.75 bits per heavy atom. The molecule has 1 aliphatic heterocycles. The van der Waals surface area contributed by atoms with Gasteiger partial charge in [0.1, 0.15) is 9.92 Å². The lowest BCUT2D eigenvalue weighted by Crippen LogP contribution is -2.29. The summed E-state index contributed by atoms with van der Waals surface area (Å²) in [6.07, 6.45) is 1.84. The Bertz CT molecular complexity index is 830. The third-order valence-corrected chi connectivity index (χ3v) is 5.34. The lowest BCUT2D eigenvalue weighted by molar-refractivity contribution is 0.592. The van der Waals surface area contributed by atoms with Crippen LogP contribution in [0.1, 0.15) is 5.56 Å². The summed E-state index contributed by atoms with van der Waals surface area (Å²) >= 11 is 5.70.